The molecule has 0 aliphatic rings. The maximum Gasteiger partial charge on any atom is 0.303 e. The van der Waals surface area contributed by atoms with Crippen molar-refractivity contribution in [3.8, 4) is 0 Å². The van der Waals surface area contributed by atoms with E-state index in [9.17, 15) is 9.59 Å². The van der Waals surface area contributed by atoms with E-state index in [1.165, 1.54) is 6.92 Å². The molecule has 2 atom stereocenters. The van der Waals surface area contributed by atoms with E-state index in [0.29, 0.717) is 6.47 Å². The number of esters is 1. The first-order valence-electron chi connectivity index (χ1n) is 6.19. The van der Waals surface area contributed by atoms with Gasteiger partial charge in [0.1, 0.15) is 11.7 Å². The second-order valence-electron chi connectivity index (χ2n) is 5.50. The van der Waals surface area contributed by atoms with Crippen LogP contribution >= 0.6 is 0 Å². The quantitative estimate of drug-likeness (QED) is 0.482. The van der Waals surface area contributed by atoms with E-state index in [1.807, 2.05) is 47.6 Å². The Balaban J connectivity index is 0. The van der Waals surface area contributed by atoms with Crippen LogP contribution in [0.5, 0.6) is 0 Å². The van der Waals surface area contributed by atoms with Crippen molar-refractivity contribution in [2.45, 2.75) is 66.2 Å². The minimum absolute atomic E-state index is 0.163. The monoisotopic (exact) mass is 273 g/mol. The fourth-order valence-corrected chi connectivity index (χ4v) is 0.958. The van der Waals surface area contributed by atoms with Crippen LogP contribution in [0.15, 0.2) is 11.6 Å². The minimum Gasteiger partial charge on any atom is -0.462 e. The lowest BCUT2D eigenvalue weighted by Gasteiger charge is -2.17. The minimum atomic E-state index is -0.318. The van der Waals surface area contributed by atoms with Crippen LogP contribution in [0.25, 0.3) is 0 Å². The largest absolute Gasteiger partial charge is 0.462 e. The third kappa shape index (κ3) is 16.6. The maximum absolute atomic E-state index is 10.6. The number of carbonyl (C=O) groups excluding carboxylic acids is 2. The van der Waals surface area contributed by atoms with Gasteiger partial charge in [0.2, 0.25) is 0 Å². The van der Waals surface area contributed by atoms with E-state index < -0.39 is 0 Å². The van der Waals surface area contributed by atoms with Crippen LogP contribution < -0.4 is 5.73 Å². The second-order valence-corrected chi connectivity index (χ2v) is 5.50. The van der Waals surface area contributed by atoms with E-state index >= 15 is 0 Å². The van der Waals surface area contributed by atoms with E-state index in [-0.39, 0.29) is 23.7 Å². The predicted octanol–water partition coefficient (Wildman–Crippen LogP) is 2.19. The van der Waals surface area contributed by atoms with Crippen molar-refractivity contribution in [3.63, 3.8) is 0 Å². The third-order valence-corrected chi connectivity index (χ3v) is 1.72. The molecule has 0 spiro atoms. The molecule has 0 radical (unpaired) electrons. The molecule has 5 nitrogen and oxygen atoms in total. The molecule has 1 unspecified atom stereocenters. The Morgan fingerprint density at radius 3 is 1.84 bits per heavy atom. The molecule has 5 heteroatoms. The van der Waals surface area contributed by atoms with Crippen molar-refractivity contribution >= 4 is 12.4 Å². The molecular formula is C14H27NO4. The smallest absolute Gasteiger partial charge is 0.303 e. The fourth-order valence-electron chi connectivity index (χ4n) is 0.958. The molecule has 0 aromatic rings. The van der Waals surface area contributed by atoms with E-state index in [0.717, 1.165) is 5.57 Å². The number of nitrogens with two attached hydrogens (primary N) is 1. The van der Waals surface area contributed by atoms with Gasteiger partial charge in [0.05, 0.1) is 0 Å². The molecule has 0 heterocycles. The third-order valence-electron chi connectivity index (χ3n) is 1.72. The van der Waals surface area contributed by atoms with Gasteiger partial charge in [0, 0.05) is 13.0 Å². The molecule has 0 rings (SSSR count). The van der Waals surface area contributed by atoms with Crippen LogP contribution in [-0.2, 0) is 19.1 Å². The average Bonchev–Trinajstić information content (AvgIpc) is 2.13. The Morgan fingerprint density at radius 2 is 1.68 bits per heavy atom. The number of ether oxygens (including phenoxy) is 2. The lowest BCUT2D eigenvalue weighted by molar-refractivity contribution is -0.145. The Bertz CT molecular complexity index is 299. The van der Waals surface area contributed by atoms with Crippen LogP contribution in [0.4, 0.5) is 0 Å². The molecule has 0 amide bonds. The number of allylic oxidation sites excluding steroid dienone is 1. The summed E-state index contributed by atoms with van der Waals surface area (Å²) in [6.07, 6.45) is 1.55. The van der Waals surface area contributed by atoms with Gasteiger partial charge in [-0.25, -0.2) is 0 Å². The van der Waals surface area contributed by atoms with Gasteiger partial charge in [0.15, 0.2) is 0 Å². The highest BCUT2D eigenvalue weighted by Crippen LogP contribution is 2.03. The molecule has 0 aromatic heterocycles. The van der Waals surface area contributed by atoms with Gasteiger partial charge in [-0.3, -0.25) is 9.59 Å². The summed E-state index contributed by atoms with van der Waals surface area (Å²) < 4.78 is 9.53. The first-order valence-corrected chi connectivity index (χ1v) is 6.19. The van der Waals surface area contributed by atoms with Crippen LogP contribution in [0.3, 0.4) is 0 Å². The van der Waals surface area contributed by atoms with Crippen molar-refractivity contribution in [2.75, 3.05) is 0 Å². The summed E-state index contributed by atoms with van der Waals surface area (Å²) in [6.45, 7) is 13.0. The van der Waals surface area contributed by atoms with Gasteiger partial charge in [-0.1, -0.05) is 5.57 Å². The number of carbonyl (C=O) groups is 2. The fraction of sp³-hybridized carbons (Fsp3) is 0.714. The molecule has 112 valence electrons. The molecule has 0 saturated heterocycles. The molecule has 19 heavy (non-hydrogen) atoms. The van der Waals surface area contributed by atoms with Crippen LogP contribution in [0.2, 0.25) is 0 Å². The average molecular weight is 273 g/mol. The predicted molar refractivity (Wildman–Crippen MR) is 75.5 cm³/mol. The van der Waals surface area contributed by atoms with Gasteiger partial charge in [-0.15, -0.1) is 0 Å². The van der Waals surface area contributed by atoms with Gasteiger partial charge in [-0.05, 0) is 47.6 Å². The van der Waals surface area contributed by atoms with E-state index in [4.69, 9.17) is 10.5 Å². The molecule has 0 aromatic carbocycles. The molecular weight excluding hydrogens is 246 g/mol. The Morgan fingerprint density at radius 1 is 1.21 bits per heavy atom. The Labute approximate surface area is 116 Å². The van der Waals surface area contributed by atoms with E-state index in [1.54, 1.807) is 0 Å². The number of hydrogen-bond donors (Lipinski definition) is 1. The highest BCUT2D eigenvalue weighted by atomic mass is 16.5. The van der Waals surface area contributed by atoms with Crippen molar-refractivity contribution in [2.24, 2.45) is 5.73 Å². The second kappa shape index (κ2) is 9.55. The maximum atomic E-state index is 10.6. The van der Waals surface area contributed by atoms with Gasteiger partial charge in [0.25, 0.3) is 6.47 Å². The van der Waals surface area contributed by atoms with E-state index in [2.05, 4.69) is 4.74 Å². The highest BCUT2D eigenvalue weighted by Gasteiger charge is 2.13. The summed E-state index contributed by atoms with van der Waals surface area (Å²) in [4.78, 5) is 20.2. The van der Waals surface area contributed by atoms with Gasteiger partial charge >= 0.3 is 5.97 Å². The lowest BCUT2D eigenvalue weighted by atomic mass is 10.1. The standard InChI is InChI=1S/C9H17NO2.C5H10O2/c1-6(2)5-9(7(3)10)12-8(4)11;1-5(2,3)7-4-6/h5,7,9H,10H2,1-4H3;4H,1-3H3/t7-,9?;/m0./s1. The molecule has 0 bridgehead atoms. The van der Waals surface area contributed by atoms with Crippen LogP contribution in [0.1, 0.15) is 48.5 Å². The molecule has 0 saturated carbocycles. The van der Waals surface area contributed by atoms with Crippen molar-refractivity contribution in [1.29, 1.82) is 0 Å². The number of rotatable bonds is 4. The summed E-state index contributed by atoms with van der Waals surface area (Å²) in [6, 6.07) is -0.163. The zero-order chi connectivity index (χ0) is 15.6. The summed E-state index contributed by atoms with van der Waals surface area (Å²) >= 11 is 0. The summed E-state index contributed by atoms with van der Waals surface area (Å²) in [5.41, 5.74) is 6.39. The summed E-state index contributed by atoms with van der Waals surface area (Å²) in [5, 5.41) is 0. The Kier molecular flexibility index (Phi) is 10.0. The SMILES string of the molecule is CC(=O)OC(C=C(C)C)[C@H](C)N.CC(C)(C)OC=O. The van der Waals surface area contributed by atoms with Gasteiger partial charge in [-0.2, -0.15) is 0 Å². The van der Waals surface area contributed by atoms with Crippen molar-refractivity contribution < 1.29 is 19.1 Å². The van der Waals surface area contributed by atoms with Crippen molar-refractivity contribution in [3.05, 3.63) is 11.6 Å². The highest BCUT2D eigenvalue weighted by molar-refractivity contribution is 5.66. The molecule has 0 fully saturated rings. The van der Waals surface area contributed by atoms with Crippen LogP contribution in [-0.4, -0.2) is 30.2 Å². The Hall–Kier alpha value is -1.36. The number of hydrogen-bond acceptors (Lipinski definition) is 5. The zero-order valence-electron chi connectivity index (χ0n) is 13.0. The van der Waals surface area contributed by atoms with Crippen LogP contribution in [0, 0.1) is 0 Å². The first kappa shape index (κ1) is 20.0. The van der Waals surface area contributed by atoms with Gasteiger partial charge < -0.3 is 15.2 Å². The molecule has 0 aliphatic carbocycles. The zero-order valence-corrected chi connectivity index (χ0v) is 13.0. The first-order chi connectivity index (χ1) is 8.49. The molecule has 2 N–H and O–H groups in total. The summed E-state index contributed by atoms with van der Waals surface area (Å²) in [5.74, 6) is -0.296. The molecule has 0 aliphatic heterocycles. The van der Waals surface area contributed by atoms with Crippen molar-refractivity contribution in [1.82, 2.24) is 0 Å². The topological polar surface area (TPSA) is 78.6 Å². The summed E-state index contributed by atoms with van der Waals surface area (Å²) in [7, 11) is 0. The lowest BCUT2D eigenvalue weighted by Crippen LogP contribution is -2.33. The normalized spacial score (nSPS) is 13.3.